The van der Waals surface area contributed by atoms with Gasteiger partial charge in [-0.15, -0.1) is 0 Å². The molecular formula is C22H40O2. The molecule has 0 spiro atoms. The summed E-state index contributed by atoms with van der Waals surface area (Å²) in [5.41, 5.74) is 0. The van der Waals surface area contributed by atoms with Gasteiger partial charge in [0.1, 0.15) is 0 Å². The molecule has 0 bridgehead atoms. The Morgan fingerprint density at radius 2 is 1.21 bits per heavy atom. The molecular weight excluding hydrogens is 296 g/mol. The normalized spacial score (nSPS) is 11.0. The van der Waals surface area contributed by atoms with E-state index in [0.717, 1.165) is 12.8 Å². The summed E-state index contributed by atoms with van der Waals surface area (Å²) >= 11 is 0. The van der Waals surface area contributed by atoms with Crippen LogP contribution in [-0.2, 0) is 9.53 Å². The van der Waals surface area contributed by atoms with E-state index in [-0.39, 0.29) is 5.97 Å². The van der Waals surface area contributed by atoms with Gasteiger partial charge in [-0.3, -0.25) is 0 Å². The van der Waals surface area contributed by atoms with Crippen LogP contribution in [0.15, 0.2) is 24.8 Å². The van der Waals surface area contributed by atoms with Gasteiger partial charge in [-0.1, -0.05) is 89.9 Å². The second kappa shape index (κ2) is 20.0. The summed E-state index contributed by atoms with van der Waals surface area (Å²) in [5.74, 6) is -0.304. The first-order valence-electron chi connectivity index (χ1n) is 10.3. The van der Waals surface area contributed by atoms with Gasteiger partial charge >= 0.3 is 5.97 Å². The van der Waals surface area contributed by atoms with Gasteiger partial charge in [-0.25, -0.2) is 4.79 Å². The standard InChI is InChI=1S/C22H40O2/c1-3-5-6-7-8-9-10-11-12-13-14-15-16-17-18-19-20-21-24-22(23)4-2/h4,9-10H,2-3,5-8,11-21H2,1H3/b10-9+. The Bertz CT molecular complexity index is 307. The summed E-state index contributed by atoms with van der Waals surface area (Å²) in [6, 6.07) is 0. The Hall–Kier alpha value is -1.05. The van der Waals surface area contributed by atoms with Gasteiger partial charge in [0.15, 0.2) is 0 Å². The van der Waals surface area contributed by atoms with Gasteiger partial charge in [0.25, 0.3) is 0 Å². The fraction of sp³-hybridized carbons (Fsp3) is 0.773. The van der Waals surface area contributed by atoms with Crippen LogP contribution in [0, 0.1) is 0 Å². The van der Waals surface area contributed by atoms with Gasteiger partial charge < -0.3 is 4.74 Å². The summed E-state index contributed by atoms with van der Waals surface area (Å²) in [4.78, 5) is 10.8. The highest BCUT2D eigenvalue weighted by molar-refractivity contribution is 5.81. The van der Waals surface area contributed by atoms with Crippen molar-refractivity contribution in [3.8, 4) is 0 Å². The summed E-state index contributed by atoms with van der Waals surface area (Å²) in [5, 5.41) is 0. The molecule has 2 heteroatoms. The molecule has 0 atom stereocenters. The van der Waals surface area contributed by atoms with E-state index >= 15 is 0 Å². The van der Waals surface area contributed by atoms with E-state index in [4.69, 9.17) is 4.74 Å². The molecule has 0 radical (unpaired) electrons. The van der Waals surface area contributed by atoms with E-state index in [1.54, 1.807) is 0 Å². The van der Waals surface area contributed by atoms with E-state index in [1.807, 2.05) is 0 Å². The van der Waals surface area contributed by atoms with Gasteiger partial charge in [-0.2, -0.15) is 0 Å². The summed E-state index contributed by atoms with van der Waals surface area (Å²) < 4.78 is 4.95. The molecule has 0 aromatic rings. The predicted molar refractivity (Wildman–Crippen MR) is 105 cm³/mol. The SMILES string of the molecule is C=CC(=O)OCCCCCCCCCCC/C=C/CCCCCC. The number of ether oxygens (including phenoxy) is 1. The van der Waals surface area contributed by atoms with Crippen molar-refractivity contribution in [1.29, 1.82) is 0 Å². The Labute approximate surface area is 150 Å². The number of carbonyl (C=O) groups is 1. The van der Waals surface area contributed by atoms with Crippen LogP contribution in [-0.4, -0.2) is 12.6 Å². The molecule has 0 saturated heterocycles. The van der Waals surface area contributed by atoms with E-state index in [0.29, 0.717) is 6.61 Å². The lowest BCUT2D eigenvalue weighted by molar-refractivity contribution is -0.137. The van der Waals surface area contributed by atoms with E-state index < -0.39 is 0 Å². The number of allylic oxidation sites excluding steroid dienone is 2. The largest absolute Gasteiger partial charge is 0.463 e. The highest BCUT2D eigenvalue weighted by Gasteiger charge is 1.96. The minimum Gasteiger partial charge on any atom is -0.463 e. The lowest BCUT2D eigenvalue weighted by Crippen LogP contribution is -2.01. The molecule has 0 N–H and O–H groups in total. The third-order valence-corrected chi connectivity index (χ3v) is 4.32. The molecule has 0 fully saturated rings. The minimum absolute atomic E-state index is 0.304. The number of hydrogen-bond acceptors (Lipinski definition) is 2. The summed E-state index contributed by atoms with van der Waals surface area (Å²) in [7, 11) is 0. The van der Waals surface area contributed by atoms with Crippen molar-refractivity contribution in [2.24, 2.45) is 0 Å². The first-order chi connectivity index (χ1) is 11.8. The molecule has 0 amide bonds. The van der Waals surface area contributed by atoms with E-state index in [2.05, 4.69) is 25.7 Å². The zero-order valence-corrected chi connectivity index (χ0v) is 16.1. The molecule has 24 heavy (non-hydrogen) atoms. The second-order valence-corrected chi connectivity index (χ2v) is 6.66. The van der Waals surface area contributed by atoms with Crippen molar-refractivity contribution < 1.29 is 9.53 Å². The van der Waals surface area contributed by atoms with Crippen LogP contribution in [0.25, 0.3) is 0 Å². The quantitative estimate of drug-likeness (QED) is 0.115. The van der Waals surface area contributed by atoms with E-state index in [9.17, 15) is 4.79 Å². The lowest BCUT2D eigenvalue weighted by atomic mass is 10.1. The molecule has 0 aliphatic heterocycles. The zero-order chi connectivity index (χ0) is 17.7. The van der Waals surface area contributed by atoms with Crippen LogP contribution in [0.3, 0.4) is 0 Å². The molecule has 0 aliphatic rings. The molecule has 0 aromatic carbocycles. The Balaban J connectivity index is 3.08. The van der Waals surface area contributed by atoms with Gasteiger partial charge in [-0.05, 0) is 32.1 Å². The number of rotatable bonds is 18. The molecule has 0 heterocycles. The van der Waals surface area contributed by atoms with E-state index in [1.165, 1.54) is 89.5 Å². The van der Waals surface area contributed by atoms with Crippen molar-refractivity contribution in [2.75, 3.05) is 6.61 Å². The Kier molecular flexibility index (Phi) is 19.1. The van der Waals surface area contributed by atoms with Gasteiger partial charge in [0.05, 0.1) is 6.61 Å². The first-order valence-corrected chi connectivity index (χ1v) is 10.3. The number of esters is 1. The van der Waals surface area contributed by atoms with Gasteiger partial charge in [0, 0.05) is 6.08 Å². The molecule has 0 aromatic heterocycles. The molecule has 0 rings (SSSR count). The smallest absolute Gasteiger partial charge is 0.330 e. The molecule has 0 saturated carbocycles. The predicted octanol–water partition coefficient (Wildman–Crippen LogP) is 7.14. The van der Waals surface area contributed by atoms with Crippen LogP contribution in [0.4, 0.5) is 0 Å². The van der Waals surface area contributed by atoms with Crippen LogP contribution in [0.1, 0.15) is 103 Å². The Morgan fingerprint density at radius 3 is 1.71 bits per heavy atom. The zero-order valence-electron chi connectivity index (χ0n) is 16.1. The fourth-order valence-corrected chi connectivity index (χ4v) is 2.76. The highest BCUT2D eigenvalue weighted by Crippen LogP contribution is 2.11. The summed E-state index contributed by atoms with van der Waals surface area (Å²) in [6.07, 6.45) is 25.5. The lowest BCUT2D eigenvalue weighted by Gasteiger charge is -2.03. The maximum absolute atomic E-state index is 10.8. The van der Waals surface area contributed by atoms with Crippen molar-refractivity contribution >= 4 is 5.97 Å². The van der Waals surface area contributed by atoms with Crippen molar-refractivity contribution in [3.05, 3.63) is 24.8 Å². The molecule has 2 nitrogen and oxygen atoms in total. The summed E-state index contributed by atoms with van der Waals surface area (Å²) in [6.45, 7) is 6.18. The Morgan fingerprint density at radius 1 is 0.750 bits per heavy atom. The molecule has 140 valence electrons. The van der Waals surface area contributed by atoms with Crippen LogP contribution in [0.5, 0.6) is 0 Å². The minimum atomic E-state index is -0.304. The van der Waals surface area contributed by atoms with Crippen LogP contribution in [0.2, 0.25) is 0 Å². The average molecular weight is 337 g/mol. The molecule has 0 unspecified atom stereocenters. The average Bonchev–Trinajstić information content (AvgIpc) is 2.60. The second-order valence-electron chi connectivity index (χ2n) is 6.66. The number of hydrogen-bond donors (Lipinski definition) is 0. The van der Waals surface area contributed by atoms with Crippen molar-refractivity contribution in [2.45, 2.75) is 103 Å². The molecule has 0 aliphatic carbocycles. The first kappa shape index (κ1) is 22.9. The third kappa shape index (κ3) is 19.0. The van der Waals surface area contributed by atoms with Crippen LogP contribution < -0.4 is 0 Å². The maximum Gasteiger partial charge on any atom is 0.330 e. The third-order valence-electron chi connectivity index (χ3n) is 4.32. The van der Waals surface area contributed by atoms with Gasteiger partial charge in [0.2, 0.25) is 0 Å². The highest BCUT2D eigenvalue weighted by atomic mass is 16.5. The maximum atomic E-state index is 10.8. The topological polar surface area (TPSA) is 26.3 Å². The number of carbonyl (C=O) groups excluding carboxylic acids is 1. The van der Waals surface area contributed by atoms with Crippen molar-refractivity contribution in [3.63, 3.8) is 0 Å². The van der Waals surface area contributed by atoms with Crippen molar-refractivity contribution in [1.82, 2.24) is 0 Å². The number of unbranched alkanes of at least 4 members (excludes halogenated alkanes) is 13. The van der Waals surface area contributed by atoms with Crippen LogP contribution >= 0.6 is 0 Å². The fourth-order valence-electron chi connectivity index (χ4n) is 2.76. The monoisotopic (exact) mass is 336 g/mol.